The normalized spacial score (nSPS) is 12.7. The Morgan fingerprint density at radius 1 is 0.348 bits per heavy atom. The summed E-state index contributed by atoms with van der Waals surface area (Å²) in [5.41, 5.74) is 0. The summed E-state index contributed by atoms with van der Waals surface area (Å²) in [4.78, 5) is 24.5. The summed E-state index contributed by atoms with van der Waals surface area (Å²) in [5, 5.41) is 9.64. The van der Waals surface area contributed by atoms with E-state index in [1.54, 1.807) is 0 Å². The van der Waals surface area contributed by atoms with Gasteiger partial charge in [-0.3, -0.25) is 9.59 Å². The van der Waals surface area contributed by atoms with Crippen molar-refractivity contribution in [3.63, 3.8) is 0 Å². The Kier molecular flexibility index (Phi) is 57.3. The summed E-state index contributed by atoms with van der Waals surface area (Å²) in [7, 11) is 0. The van der Waals surface area contributed by atoms with E-state index in [-0.39, 0.29) is 25.2 Å². The largest absolute Gasteiger partial charge is 0.462 e. The highest BCUT2D eigenvalue weighted by molar-refractivity contribution is 5.70. The van der Waals surface area contributed by atoms with Crippen molar-refractivity contribution in [2.45, 2.75) is 309 Å². The van der Waals surface area contributed by atoms with Gasteiger partial charge in [0.15, 0.2) is 6.10 Å². The number of allylic oxidation sites excluding steroid dienone is 12. The fraction of sp³-hybridized carbons (Fsp3) is 0.781. The maximum Gasteiger partial charge on any atom is 0.306 e. The molecule has 0 rings (SSSR count). The van der Waals surface area contributed by atoms with Crippen LogP contribution in [0.3, 0.4) is 0 Å². The molecule has 0 radical (unpaired) electrons. The molecule has 5 nitrogen and oxygen atoms in total. The van der Waals surface area contributed by atoms with Crippen LogP contribution in [0.25, 0.3) is 0 Å². The maximum atomic E-state index is 12.3. The van der Waals surface area contributed by atoms with Crippen LogP contribution >= 0.6 is 0 Å². The lowest BCUT2D eigenvalue weighted by molar-refractivity contribution is -0.161. The number of hydrogen-bond acceptors (Lipinski definition) is 5. The molecule has 0 bridgehead atoms. The van der Waals surface area contributed by atoms with Crippen LogP contribution < -0.4 is 0 Å². The van der Waals surface area contributed by atoms with E-state index in [1.807, 2.05) is 0 Å². The Hall–Kier alpha value is -2.66. The van der Waals surface area contributed by atoms with Gasteiger partial charge in [-0.15, -0.1) is 0 Å². The summed E-state index contributed by atoms with van der Waals surface area (Å²) in [5.74, 6) is -0.595. The van der Waals surface area contributed by atoms with Gasteiger partial charge < -0.3 is 14.6 Å². The number of aliphatic hydroxyl groups is 1. The highest BCUT2D eigenvalue weighted by Gasteiger charge is 2.16. The summed E-state index contributed by atoms with van der Waals surface area (Å²) in [6, 6.07) is 0. The Bertz CT molecular complexity index is 1230. The van der Waals surface area contributed by atoms with Crippen LogP contribution in [0.1, 0.15) is 303 Å². The molecule has 0 aromatic heterocycles. The minimum absolute atomic E-state index is 0.0711. The highest BCUT2D eigenvalue weighted by atomic mass is 16.6. The molecule has 69 heavy (non-hydrogen) atoms. The van der Waals surface area contributed by atoms with Gasteiger partial charge >= 0.3 is 11.9 Å². The lowest BCUT2D eigenvalue weighted by Crippen LogP contribution is -2.28. The van der Waals surface area contributed by atoms with E-state index in [0.29, 0.717) is 12.8 Å². The molecule has 0 aliphatic heterocycles. The van der Waals surface area contributed by atoms with Gasteiger partial charge in [0.2, 0.25) is 0 Å². The van der Waals surface area contributed by atoms with Crippen LogP contribution in [-0.4, -0.2) is 36.4 Å². The number of carbonyl (C=O) groups is 2. The molecule has 0 spiro atoms. The second kappa shape index (κ2) is 59.6. The zero-order valence-electron chi connectivity index (χ0n) is 45.8. The van der Waals surface area contributed by atoms with Crippen LogP contribution in [0.5, 0.6) is 0 Å². The van der Waals surface area contributed by atoms with Gasteiger partial charge in [0.05, 0.1) is 6.61 Å². The lowest BCUT2D eigenvalue weighted by Gasteiger charge is -2.15. The minimum Gasteiger partial charge on any atom is -0.462 e. The third-order valence-electron chi connectivity index (χ3n) is 13.2. The van der Waals surface area contributed by atoms with E-state index in [4.69, 9.17) is 9.47 Å². The number of unbranched alkanes of at least 4 members (excludes halogenated alkanes) is 35. The van der Waals surface area contributed by atoms with E-state index >= 15 is 0 Å². The molecule has 0 saturated heterocycles. The number of carbonyl (C=O) groups excluding carboxylic acids is 2. The highest BCUT2D eigenvalue weighted by Crippen LogP contribution is 2.17. The summed E-state index contributed by atoms with van der Waals surface area (Å²) < 4.78 is 10.7. The standard InChI is InChI=1S/C64H114O5/c1-3-5-7-9-11-13-15-17-19-21-22-23-24-25-26-27-28-29-30-31-32-33-34-35-36-37-38-39-40-41-42-43-45-47-49-51-53-55-57-59-64(67)69-62(60-65)61-68-63(66)58-56-54-52-50-48-46-44-20-18-16-14-12-10-8-6-4-2/h5,7,11,13-14,16-17,19-20,22-23,44,62,65H,3-4,6,8-10,12,15,18,21,24-43,45-61H2,1-2H3/b7-5-,13-11-,16-14-,19-17-,23-22-,44-20-. The van der Waals surface area contributed by atoms with Gasteiger partial charge in [-0.2, -0.15) is 0 Å². The topological polar surface area (TPSA) is 72.8 Å². The predicted octanol–water partition coefficient (Wildman–Crippen LogP) is 20.4. The smallest absolute Gasteiger partial charge is 0.306 e. The van der Waals surface area contributed by atoms with E-state index < -0.39 is 6.10 Å². The maximum absolute atomic E-state index is 12.3. The monoisotopic (exact) mass is 963 g/mol. The van der Waals surface area contributed by atoms with Crippen molar-refractivity contribution in [2.24, 2.45) is 0 Å². The molecule has 0 aliphatic rings. The Balaban J connectivity index is 3.40. The second-order valence-electron chi connectivity index (χ2n) is 20.0. The molecule has 0 aromatic carbocycles. The average molecular weight is 964 g/mol. The van der Waals surface area contributed by atoms with E-state index in [0.717, 1.165) is 77.0 Å². The lowest BCUT2D eigenvalue weighted by atomic mass is 10.0. The van der Waals surface area contributed by atoms with Gasteiger partial charge in [0, 0.05) is 12.8 Å². The van der Waals surface area contributed by atoms with Crippen LogP contribution in [0.15, 0.2) is 72.9 Å². The quantitative estimate of drug-likeness (QED) is 0.0374. The Morgan fingerprint density at radius 3 is 0.942 bits per heavy atom. The van der Waals surface area contributed by atoms with Crippen LogP contribution in [0, 0.1) is 0 Å². The van der Waals surface area contributed by atoms with E-state index in [2.05, 4.69) is 86.8 Å². The first-order valence-electron chi connectivity index (χ1n) is 30.0. The molecule has 0 aromatic rings. The molecule has 1 unspecified atom stereocenters. The van der Waals surface area contributed by atoms with Gasteiger partial charge in [-0.1, -0.05) is 279 Å². The van der Waals surface area contributed by atoms with E-state index in [9.17, 15) is 14.7 Å². The van der Waals surface area contributed by atoms with Crippen molar-refractivity contribution >= 4 is 11.9 Å². The first kappa shape index (κ1) is 66.3. The number of rotatable bonds is 55. The SMILES string of the molecule is CC/C=C\C/C=C\C/C=C\C/C=C\CCCCCCCCCCCCCCCCCCCCCCCCCCCCC(=O)OC(CO)COC(=O)CCCCCCC/C=C\C/C=C\CCCCCC. The van der Waals surface area contributed by atoms with Crippen molar-refractivity contribution in [3.05, 3.63) is 72.9 Å². The number of esters is 2. The molecule has 1 atom stereocenters. The molecule has 0 saturated carbocycles. The third-order valence-corrected chi connectivity index (χ3v) is 13.2. The molecule has 0 heterocycles. The minimum atomic E-state index is -0.778. The molecule has 0 aliphatic carbocycles. The summed E-state index contributed by atoms with van der Waals surface area (Å²) in [6.07, 6.45) is 81.9. The first-order valence-corrected chi connectivity index (χ1v) is 30.0. The van der Waals surface area contributed by atoms with E-state index in [1.165, 1.54) is 199 Å². The van der Waals surface area contributed by atoms with Crippen molar-refractivity contribution in [3.8, 4) is 0 Å². The molecular weight excluding hydrogens is 849 g/mol. The van der Waals surface area contributed by atoms with Crippen LogP contribution in [-0.2, 0) is 19.1 Å². The zero-order chi connectivity index (χ0) is 49.9. The second-order valence-corrected chi connectivity index (χ2v) is 20.0. The molecule has 400 valence electrons. The zero-order valence-corrected chi connectivity index (χ0v) is 45.8. The predicted molar refractivity (Wildman–Crippen MR) is 302 cm³/mol. The van der Waals surface area contributed by atoms with Gasteiger partial charge in [0.25, 0.3) is 0 Å². The van der Waals surface area contributed by atoms with Gasteiger partial charge in [-0.05, 0) is 83.5 Å². The Morgan fingerprint density at radius 2 is 0.623 bits per heavy atom. The molecule has 0 amide bonds. The molecule has 1 N–H and O–H groups in total. The van der Waals surface area contributed by atoms with Crippen molar-refractivity contribution in [2.75, 3.05) is 13.2 Å². The number of ether oxygens (including phenoxy) is 2. The number of aliphatic hydroxyl groups excluding tert-OH is 1. The average Bonchev–Trinajstić information content (AvgIpc) is 3.35. The van der Waals surface area contributed by atoms with Crippen molar-refractivity contribution in [1.82, 2.24) is 0 Å². The van der Waals surface area contributed by atoms with Crippen molar-refractivity contribution in [1.29, 1.82) is 0 Å². The summed E-state index contributed by atoms with van der Waals surface area (Å²) in [6.45, 7) is 4.02. The van der Waals surface area contributed by atoms with Crippen molar-refractivity contribution < 1.29 is 24.2 Å². The Labute approximate surface area is 429 Å². The van der Waals surface area contributed by atoms with Crippen LogP contribution in [0.4, 0.5) is 0 Å². The van der Waals surface area contributed by atoms with Gasteiger partial charge in [0.1, 0.15) is 6.61 Å². The fourth-order valence-corrected chi connectivity index (χ4v) is 8.76. The molecule has 0 fully saturated rings. The third kappa shape index (κ3) is 57.8. The first-order chi connectivity index (χ1) is 34.1. The number of hydrogen-bond donors (Lipinski definition) is 1. The van der Waals surface area contributed by atoms with Crippen LogP contribution in [0.2, 0.25) is 0 Å². The molecule has 5 heteroatoms. The molecular formula is C64H114O5. The fourth-order valence-electron chi connectivity index (χ4n) is 8.76. The van der Waals surface area contributed by atoms with Gasteiger partial charge in [-0.25, -0.2) is 0 Å². The summed E-state index contributed by atoms with van der Waals surface area (Å²) >= 11 is 0.